The van der Waals surface area contributed by atoms with Gasteiger partial charge in [-0.05, 0) is 24.8 Å². The van der Waals surface area contributed by atoms with Crippen molar-refractivity contribution < 1.29 is 24.3 Å². The Hall–Kier alpha value is -1.92. The van der Waals surface area contributed by atoms with Crippen molar-refractivity contribution in [1.29, 1.82) is 0 Å². The van der Waals surface area contributed by atoms with E-state index in [0.29, 0.717) is 12.8 Å². The van der Waals surface area contributed by atoms with Gasteiger partial charge in [-0.2, -0.15) is 5.90 Å². The van der Waals surface area contributed by atoms with E-state index >= 15 is 0 Å². The Bertz CT molecular complexity index is 421. The van der Waals surface area contributed by atoms with E-state index in [2.05, 4.69) is 4.84 Å². The number of ether oxygens (including phenoxy) is 1. The van der Waals surface area contributed by atoms with Gasteiger partial charge in [-0.1, -0.05) is 30.3 Å². The largest absolute Gasteiger partial charge is 0.460 e. The van der Waals surface area contributed by atoms with E-state index in [9.17, 15) is 9.59 Å². The smallest absolute Gasteiger partial charge is 0.338 e. The average Bonchev–Trinajstić information content (AvgIpc) is 2.49. The summed E-state index contributed by atoms with van der Waals surface area (Å²) in [6, 6.07) is 9.14. The number of aliphatic hydroxyl groups is 1. The lowest BCUT2D eigenvalue weighted by Gasteiger charge is -2.13. The lowest BCUT2D eigenvalue weighted by molar-refractivity contribution is -0.163. The Labute approximate surface area is 117 Å². The van der Waals surface area contributed by atoms with E-state index in [0.717, 1.165) is 5.56 Å². The van der Waals surface area contributed by atoms with E-state index in [4.69, 9.17) is 15.7 Å². The van der Waals surface area contributed by atoms with Gasteiger partial charge in [-0.3, -0.25) is 4.79 Å². The van der Waals surface area contributed by atoms with Gasteiger partial charge in [0.25, 0.3) is 0 Å². The molecule has 0 spiro atoms. The molecule has 1 rings (SSSR count). The number of nitrogens with two attached hydrogens (primary N) is 1. The van der Waals surface area contributed by atoms with Crippen LogP contribution >= 0.6 is 0 Å². The van der Waals surface area contributed by atoms with Crippen LogP contribution in [-0.2, 0) is 25.8 Å². The highest BCUT2D eigenvalue weighted by Crippen LogP contribution is 2.13. The highest BCUT2D eigenvalue weighted by molar-refractivity contribution is 5.94. The van der Waals surface area contributed by atoms with Gasteiger partial charge >= 0.3 is 11.9 Å². The molecule has 1 aromatic carbocycles. The first-order valence-electron chi connectivity index (χ1n) is 6.41. The van der Waals surface area contributed by atoms with Gasteiger partial charge in [0.15, 0.2) is 5.92 Å². The molecule has 0 fully saturated rings. The maximum Gasteiger partial charge on any atom is 0.338 e. The summed E-state index contributed by atoms with van der Waals surface area (Å²) in [7, 11) is 0. The van der Waals surface area contributed by atoms with Gasteiger partial charge in [-0.25, -0.2) is 4.79 Å². The molecule has 3 N–H and O–H groups in total. The first-order valence-corrected chi connectivity index (χ1v) is 6.41. The number of benzene rings is 1. The molecule has 0 bridgehead atoms. The number of esters is 1. The first kappa shape index (κ1) is 16.1. The van der Waals surface area contributed by atoms with Crippen molar-refractivity contribution in [3.63, 3.8) is 0 Å². The van der Waals surface area contributed by atoms with Crippen LogP contribution in [0.5, 0.6) is 0 Å². The number of hydrogen-bond acceptors (Lipinski definition) is 6. The molecule has 0 heterocycles. The molecular weight excluding hydrogens is 262 g/mol. The van der Waals surface area contributed by atoms with Crippen molar-refractivity contribution in [2.24, 2.45) is 11.8 Å². The molecule has 1 atom stereocenters. The molecule has 0 saturated heterocycles. The third kappa shape index (κ3) is 5.38. The minimum Gasteiger partial charge on any atom is -0.460 e. The Morgan fingerprint density at radius 1 is 1.15 bits per heavy atom. The summed E-state index contributed by atoms with van der Waals surface area (Å²) >= 11 is 0. The van der Waals surface area contributed by atoms with Gasteiger partial charge in [0, 0.05) is 6.61 Å². The third-order valence-electron chi connectivity index (χ3n) is 2.81. The van der Waals surface area contributed by atoms with E-state index in [1.165, 1.54) is 0 Å². The van der Waals surface area contributed by atoms with Gasteiger partial charge in [-0.15, -0.1) is 0 Å². The lowest BCUT2D eigenvalue weighted by atomic mass is 10.0. The van der Waals surface area contributed by atoms with Gasteiger partial charge in [0.1, 0.15) is 6.61 Å². The number of unbranched alkanes of at least 4 members (excludes halogenated alkanes) is 1. The topological polar surface area (TPSA) is 98.9 Å². The Kier molecular flexibility index (Phi) is 7.31. The number of rotatable bonds is 8. The van der Waals surface area contributed by atoms with Crippen molar-refractivity contribution in [3.8, 4) is 0 Å². The zero-order valence-corrected chi connectivity index (χ0v) is 11.2. The molecule has 1 aromatic rings. The molecule has 0 radical (unpaired) electrons. The van der Waals surface area contributed by atoms with Crippen LogP contribution in [0.4, 0.5) is 0 Å². The van der Waals surface area contributed by atoms with Crippen LogP contribution < -0.4 is 5.90 Å². The van der Waals surface area contributed by atoms with Gasteiger partial charge in [0.05, 0.1) is 0 Å². The minimum absolute atomic E-state index is 0.00343. The van der Waals surface area contributed by atoms with Crippen LogP contribution in [0, 0.1) is 5.92 Å². The van der Waals surface area contributed by atoms with Crippen LogP contribution in [0.3, 0.4) is 0 Å². The maximum atomic E-state index is 11.9. The zero-order chi connectivity index (χ0) is 14.8. The molecule has 110 valence electrons. The Morgan fingerprint density at radius 3 is 2.45 bits per heavy atom. The second-order valence-corrected chi connectivity index (χ2v) is 4.30. The quantitative estimate of drug-likeness (QED) is 0.318. The maximum absolute atomic E-state index is 11.9. The van der Waals surface area contributed by atoms with Crippen molar-refractivity contribution in [2.75, 3.05) is 6.61 Å². The zero-order valence-electron chi connectivity index (χ0n) is 11.2. The van der Waals surface area contributed by atoms with Crippen molar-refractivity contribution >= 4 is 11.9 Å². The predicted octanol–water partition coefficient (Wildman–Crippen LogP) is 0.925. The average molecular weight is 281 g/mol. The molecule has 6 nitrogen and oxygen atoms in total. The SMILES string of the molecule is NOC(=O)[C@@H](CCCCO)C(=O)OCc1ccccc1. The minimum atomic E-state index is -1.05. The van der Waals surface area contributed by atoms with Crippen molar-refractivity contribution in [2.45, 2.75) is 25.9 Å². The molecule has 0 saturated carbocycles. The molecule has 0 aliphatic heterocycles. The Morgan fingerprint density at radius 2 is 1.85 bits per heavy atom. The number of carbonyl (C=O) groups excluding carboxylic acids is 2. The van der Waals surface area contributed by atoms with E-state index in [1.54, 1.807) is 0 Å². The first-order chi connectivity index (χ1) is 9.69. The highest BCUT2D eigenvalue weighted by Gasteiger charge is 2.29. The summed E-state index contributed by atoms with van der Waals surface area (Å²) in [6.45, 7) is 0.0947. The van der Waals surface area contributed by atoms with Crippen LogP contribution in [0.2, 0.25) is 0 Å². The number of aliphatic hydroxyl groups excluding tert-OH is 1. The monoisotopic (exact) mass is 281 g/mol. The van der Waals surface area contributed by atoms with E-state index < -0.39 is 17.9 Å². The molecular formula is C14H19NO5. The molecule has 0 aliphatic rings. The summed E-state index contributed by atoms with van der Waals surface area (Å²) in [5, 5.41) is 8.71. The predicted molar refractivity (Wildman–Crippen MR) is 70.9 cm³/mol. The molecule has 0 aromatic heterocycles. The fourth-order valence-corrected chi connectivity index (χ4v) is 1.70. The Balaban J connectivity index is 2.52. The standard InChI is InChI=1S/C14H19NO5/c15-20-14(18)12(8-4-5-9-16)13(17)19-10-11-6-2-1-3-7-11/h1-3,6-7,12,16H,4-5,8-10,15H2/t12-/m0/s1. The molecule has 0 aliphatic carbocycles. The molecule has 20 heavy (non-hydrogen) atoms. The summed E-state index contributed by atoms with van der Waals surface area (Å²) in [5.74, 6) is 2.29. The normalized spacial score (nSPS) is 11.7. The van der Waals surface area contributed by atoms with Crippen LogP contribution in [0.25, 0.3) is 0 Å². The van der Waals surface area contributed by atoms with E-state index in [1.807, 2.05) is 30.3 Å². The molecule has 0 amide bonds. The van der Waals surface area contributed by atoms with Crippen LogP contribution in [0.1, 0.15) is 24.8 Å². The van der Waals surface area contributed by atoms with Crippen molar-refractivity contribution in [1.82, 2.24) is 0 Å². The lowest BCUT2D eigenvalue weighted by Crippen LogP contribution is -2.29. The fraction of sp³-hybridized carbons (Fsp3) is 0.429. The molecule has 6 heteroatoms. The van der Waals surface area contributed by atoms with Crippen molar-refractivity contribution in [3.05, 3.63) is 35.9 Å². The number of carbonyl (C=O) groups is 2. The van der Waals surface area contributed by atoms with Crippen LogP contribution in [0.15, 0.2) is 30.3 Å². The molecule has 0 unspecified atom stereocenters. The fourth-order valence-electron chi connectivity index (χ4n) is 1.70. The summed E-state index contributed by atoms with van der Waals surface area (Å²) in [6.07, 6.45) is 1.25. The van der Waals surface area contributed by atoms with Gasteiger partial charge in [0.2, 0.25) is 0 Å². The van der Waals surface area contributed by atoms with Crippen LogP contribution in [-0.4, -0.2) is 23.7 Å². The van der Waals surface area contributed by atoms with E-state index in [-0.39, 0.29) is 19.6 Å². The third-order valence-corrected chi connectivity index (χ3v) is 2.81. The summed E-state index contributed by atoms with van der Waals surface area (Å²) in [4.78, 5) is 27.4. The van der Waals surface area contributed by atoms with Gasteiger partial charge < -0.3 is 14.7 Å². The summed E-state index contributed by atoms with van der Waals surface area (Å²) in [5.41, 5.74) is 0.830. The second kappa shape index (κ2) is 9.06. The second-order valence-electron chi connectivity index (χ2n) is 4.30. The summed E-state index contributed by atoms with van der Waals surface area (Å²) < 4.78 is 5.09. The highest BCUT2D eigenvalue weighted by atomic mass is 16.7. The number of hydrogen-bond donors (Lipinski definition) is 2.